The lowest BCUT2D eigenvalue weighted by Crippen LogP contribution is -2.42. The molecule has 10 N–H and O–H groups in total. The van der Waals surface area contributed by atoms with Crippen molar-refractivity contribution < 1.29 is 80.1 Å². The number of nitrogens with zero attached hydrogens (tertiary/aromatic N) is 6. The Labute approximate surface area is 458 Å². The molecule has 0 aliphatic carbocycles. The molecule has 9 rings (SSSR count). The van der Waals surface area contributed by atoms with Crippen molar-refractivity contribution in [1.29, 1.82) is 0 Å². The Morgan fingerprint density at radius 2 is 1.62 bits per heavy atom. The van der Waals surface area contributed by atoms with Gasteiger partial charge >= 0.3 is 29.6 Å². The highest BCUT2D eigenvalue weighted by molar-refractivity contribution is 7.66. The molecule has 0 saturated carbocycles. The second-order valence-corrected chi connectivity index (χ2v) is 25.9. The van der Waals surface area contributed by atoms with Crippen molar-refractivity contribution >= 4 is 69.6 Å². The fourth-order valence-corrected chi connectivity index (χ4v) is 13.9. The summed E-state index contributed by atoms with van der Waals surface area (Å²) in [6.45, 7) is 11.9. The Hall–Kier alpha value is -6.18. The number of rotatable bonds is 18. The number of imidazole rings is 1. The van der Waals surface area contributed by atoms with Gasteiger partial charge in [0.1, 0.15) is 35.6 Å². The van der Waals surface area contributed by atoms with Crippen LogP contribution in [0.1, 0.15) is 118 Å². The van der Waals surface area contributed by atoms with Gasteiger partial charge in [-0.1, -0.05) is 32.0 Å². The number of aliphatic hydroxyl groups is 1. The number of nitrogens with two attached hydrogens (primary N) is 1. The van der Waals surface area contributed by atoms with Crippen LogP contribution in [-0.4, -0.2) is 130 Å². The Morgan fingerprint density at radius 1 is 0.900 bits per heavy atom. The predicted octanol–water partition coefficient (Wildman–Crippen LogP) is 4.73. The fraction of sp³-hybridized carbons (Fsp3) is 0.460. The van der Waals surface area contributed by atoms with E-state index >= 15 is 0 Å². The van der Waals surface area contributed by atoms with Crippen LogP contribution < -0.4 is 37.0 Å². The monoisotopic (exact) mass is 1170 g/mol. The van der Waals surface area contributed by atoms with Crippen molar-refractivity contribution in [3.05, 3.63) is 99.6 Å². The average molecular weight is 1170 g/mol. The van der Waals surface area contributed by atoms with Gasteiger partial charge in [0, 0.05) is 78.4 Å². The van der Waals surface area contributed by atoms with Crippen LogP contribution in [0, 0.1) is 0 Å². The van der Waals surface area contributed by atoms with Crippen LogP contribution in [-0.2, 0) is 41.1 Å². The van der Waals surface area contributed by atoms with E-state index in [0.29, 0.717) is 17.1 Å². The summed E-state index contributed by atoms with van der Waals surface area (Å²) in [5.74, 6) is 1.12. The Bertz CT molecular complexity index is 3560. The van der Waals surface area contributed by atoms with Gasteiger partial charge in [-0.3, -0.25) is 23.7 Å². The number of fused-ring (bicyclic) bond motifs is 5. The standard InChI is InChI=1S/C50H63N10O17P3/c1-26-21-49(3,4)57-34-19-36-32(17-30(26)34)40(33-18-31-27(2)22-50(5,6)58-35(31)20-37(33)73-36)28-11-8-9-12-29(28)46(63)59(7)16-10-13-39(61)52-14-15-53-48(64)75-43-38(23-72-79(68,69)77-80(70,71)76-78(65,66)67)74-47(42(43)62)60-25-56-41-44(51)54-24-55-45(41)60/h8-9,11-12,17-20,24-27,38,42-43,47,57,62H,10,13-16,21-23H2,1-7H3,(H,52,61)(H,53,64)(H,68,69)(H,70,71)(H2,51,54,55)(H2,65,66,67)/t26?,27?,38-,42-,43-,47-/m1/s1. The van der Waals surface area contributed by atoms with Gasteiger partial charge in [-0.2, -0.15) is 8.62 Å². The summed E-state index contributed by atoms with van der Waals surface area (Å²) >= 11 is 0. The van der Waals surface area contributed by atoms with Gasteiger partial charge < -0.3 is 65.5 Å². The number of alkyl carbamates (subject to hydrolysis) is 1. The maximum atomic E-state index is 14.6. The Morgan fingerprint density at radius 3 is 2.38 bits per heavy atom. The molecular formula is C50H63N10O17P3. The molecule has 30 heteroatoms. The number of carbonyl (C=O) groups is 3. The summed E-state index contributed by atoms with van der Waals surface area (Å²) in [5.41, 5.74) is 11.9. The molecule has 4 aliphatic rings. The number of hydrogen-bond donors (Lipinski definition) is 9. The zero-order valence-corrected chi connectivity index (χ0v) is 47.3. The van der Waals surface area contributed by atoms with Crippen molar-refractivity contribution in [2.45, 2.75) is 115 Å². The second-order valence-electron chi connectivity index (χ2n) is 21.5. The number of benzene rings is 3. The van der Waals surface area contributed by atoms with Crippen LogP contribution in [0.25, 0.3) is 16.7 Å². The number of phosphoric ester groups is 1. The van der Waals surface area contributed by atoms with Gasteiger partial charge in [0.15, 0.2) is 23.8 Å². The number of nitrogens with one attached hydrogen (secondary N) is 3. The maximum absolute atomic E-state index is 14.6. The van der Waals surface area contributed by atoms with E-state index in [4.69, 9.17) is 39.2 Å². The minimum absolute atomic E-state index is 0.0161. The highest BCUT2D eigenvalue weighted by Gasteiger charge is 2.50. The minimum Gasteiger partial charge on any atom is -0.456 e. The number of anilines is 2. The molecule has 1 saturated heterocycles. The van der Waals surface area contributed by atoms with E-state index in [0.717, 1.165) is 63.3 Å². The Kier molecular flexibility index (Phi) is 16.3. The van der Waals surface area contributed by atoms with Crippen molar-refractivity contribution in [1.82, 2.24) is 35.1 Å². The van der Waals surface area contributed by atoms with E-state index < -0.39 is 60.7 Å². The molecule has 2 aromatic heterocycles. The molecule has 80 heavy (non-hydrogen) atoms. The Balaban J connectivity index is 0.834. The molecule has 0 spiro atoms. The van der Waals surface area contributed by atoms with Crippen LogP contribution in [0.2, 0.25) is 0 Å². The van der Waals surface area contributed by atoms with Crippen LogP contribution >= 0.6 is 23.5 Å². The third kappa shape index (κ3) is 12.9. The maximum Gasteiger partial charge on any atom is 0.490 e. The largest absolute Gasteiger partial charge is 0.490 e. The van der Waals surface area contributed by atoms with E-state index in [-0.39, 0.29) is 84.2 Å². The van der Waals surface area contributed by atoms with E-state index in [1.54, 1.807) is 11.9 Å². The first-order valence-electron chi connectivity index (χ1n) is 25.5. The van der Waals surface area contributed by atoms with E-state index in [2.05, 4.69) is 99.3 Å². The van der Waals surface area contributed by atoms with E-state index in [1.165, 1.54) is 10.9 Å². The predicted molar refractivity (Wildman–Crippen MR) is 287 cm³/mol. The first-order chi connectivity index (χ1) is 37.5. The van der Waals surface area contributed by atoms with Crippen molar-refractivity contribution in [3.8, 4) is 11.5 Å². The SMILES string of the molecule is CC1CC(C)(C)Nc2cc3c(cc21)C(c1ccccc1C(=O)N(C)CCCC(=O)NCCNC(=O)O[C@H]1[C@@H](O)[C@H](n2cnc4c(N)ncnc42)O[C@@H]1COP(=O)(O)OP(=O)(O)OP(=O)(O)O)=c1cc2c(cc1O3)=NC(C)(C)CC2C. The first-order valence-corrected chi connectivity index (χ1v) is 30.0. The lowest BCUT2D eigenvalue weighted by atomic mass is 9.79. The van der Waals surface area contributed by atoms with Crippen molar-refractivity contribution in [2.75, 3.05) is 44.3 Å². The van der Waals surface area contributed by atoms with Gasteiger partial charge in [-0.25, -0.2) is 33.4 Å². The highest BCUT2D eigenvalue weighted by atomic mass is 31.3. The minimum atomic E-state index is -5.89. The lowest BCUT2D eigenvalue weighted by Gasteiger charge is -2.38. The van der Waals surface area contributed by atoms with Gasteiger partial charge in [0.25, 0.3) is 5.91 Å². The van der Waals surface area contributed by atoms with Crippen LogP contribution in [0.4, 0.5) is 16.3 Å². The lowest BCUT2D eigenvalue weighted by molar-refractivity contribution is -0.121. The molecule has 27 nitrogen and oxygen atoms in total. The van der Waals surface area contributed by atoms with E-state index in [1.807, 2.05) is 30.3 Å². The molecule has 1 fully saturated rings. The number of hydrogen-bond acceptors (Lipinski definition) is 19. The van der Waals surface area contributed by atoms with Gasteiger partial charge in [-0.05, 0) is 93.7 Å². The number of aromatic nitrogens is 4. The van der Waals surface area contributed by atoms with Crippen molar-refractivity contribution in [2.24, 2.45) is 4.99 Å². The number of phosphoric acid groups is 3. The number of aliphatic hydroxyl groups excluding tert-OH is 1. The number of amides is 3. The first kappa shape index (κ1) is 58.5. The third-order valence-corrected chi connectivity index (χ3v) is 17.8. The van der Waals surface area contributed by atoms with Gasteiger partial charge in [-0.15, -0.1) is 0 Å². The molecule has 4 unspecified atom stereocenters. The molecule has 4 aliphatic heterocycles. The number of nitrogen functional groups attached to an aromatic ring is 1. The van der Waals surface area contributed by atoms with Crippen LogP contribution in [0.3, 0.4) is 0 Å². The fourth-order valence-electron chi connectivity index (χ4n) is 10.9. The summed E-state index contributed by atoms with van der Waals surface area (Å²) in [6, 6.07) is 16.0. The van der Waals surface area contributed by atoms with Gasteiger partial charge in [0.2, 0.25) is 5.91 Å². The molecule has 3 amide bonds. The number of carbonyl (C=O) groups excluding carboxylic acids is 3. The third-order valence-electron chi connectivity index (χ3n) is 14.0. The quantitative estimate of drug-likeness (QED) is 0.0415. The molecule has 430 valence electrons. The average Bonchev–Trinajstić information content (AvgIpc) is 3.98. The summed E-state index contributed by atoms with van der Waals surface area (Å²) in [6.07, 6.45) is -3.42. The summed E-state index contributed by atoms with van der Waals surface area (Å²) in [5, 5.41) is 21.9. The molecule has 6 heterocycles. The smallest absolute Gasteiger partial charge is 0.456 e. The van der Waals surface area contributed by atoms with Gasteiger partial charge in [0.05, 0.1) is 23.8 Å². The van der Waals surface area contributed by atoms with Crippen molar-refractivity contribution in [3.63, 3.8) is 0 Å². The summed E-state index contributed by atoms with van der Waals surface area (Å²) < 4.78 is 67.0. The van der Waals surface area contributed by atoms with E-state index in [9.17, 15) is 43.0 Å². The normalized spacial score (nSPS) is 23.1. The summed E-state index contributed by atoms with van der Waals surface area (Å²) in [7, 11) is -15.6. The second kappa shape index (κ2) is 22.3. The zero-order chi connectivity index (χ0) is 57.9. The molecule has 3 aromatic carbocycles. The summed E-state index contributed by atoms with van der Waals surface area (Å²) in [4.78, 5) is 96.9. The molecule has 8 atom stereocenters. The molecular weight excluding hydrogens is 1110 g/mol. The van der Waals surface area contributed by atoms with Crippen LogP contribution in [0.5, 0.6) is 11.5 Å². The zero-order valence-electron chi connectivity index (χ0n) is 44.6. The van der Waals surface area contributed by atoms with Crippen LogP contribution in [0.15, 0.2) is 66.2 Å². The number of ether oxygens (including phenoxy) is 3. The molecule has 0 radical (unpaired) electrons. The molecule has 0 bridgehead atoms. The molecule has 5 aromatic rings. The highest BCUT2D eigenvalue weighted by Crippen LogP contribution is 2.66. The topological polar surface area (TPSA) is 380 Å².